The fourth-order valence-corrected chi connectivity index (χ4v) is 2.49. The predicted octanol–water partition coefficient (Wildman–Crippen LogP) is 3.79. The van der Waals surface area contributed by atoms with Gasteiger partial charge in [0.05, 0.1) is 5.52 Å². The Bertz CT molecular complexity index is 750. The van der Waals surface area contributed by atoms with E-state index in [9.17, 15) is 5.11 Å². The van der Waals surface area contributed by atoms with Crippen LogP contribution in [0.15, 0.2) is 60.8 Å². The maximum absolute atomic E-state index is 9.55. The van der Waals surface area contributed by atoms with Gasteiger partial charge < -0.3 is 10.4 Å². The predicted molar refractivity (Wildman–Crippen MR) is 85.1 cm³/mol. The number of phenols is 1. The Hall–Kier alpha value is -2.39. The Morgan fingerprint density at radius 2 is 1.90 bits per heavy atom. The van der Waals surface area contributed by atoms with Gasteiger partial charge in [-0.15, -0.1) is 0 Å². The van der Waals surface area contributed by atoms with Gasteiger partial charge in [-0.3, -0.25) is 4.98 Å². The largest absolute Gasteiger partial charge is 0.508 e. The van der Waals surface area contributed by atoms with Crippen molar-refractivity contribution >= 4 is 10.9 Å². The first-order chi connectivity index (χ1) is 10.2. The first-order valence-electron chi connectivity index (χ1n) is 7.09. The normalized spacial score (nSPS) is 12.4. The number of aromatic hydroxyl groups is 1. The number of hydrogen-bond acceptors (Lipinski definition) is 3. The van der Waals surface area contributed by atoms with Gasteiger partial charge in [-0.1, -0.05) is 36.4 Å². The molecule has 3 rings (SSSR count). The van der Waals surface area contributed by atoms with E-state index in [4.69, 9.17) is 0 Å². The Morgan fingerprint density at radius 1 is 1.10 bits per heavy atom. The number of pyridine rings is 1. The van der Waals surface area contributed by atoms with Crippen molar-refractivity contribution in [1.29, 1.82) is 0 Å². The van der Waals surface area contributed by atoms with Gasteiger partial charge in [0.2, 0.25) is 0 Å². The lowest BCUT2D eigenvalue weighted by Gasteiger charge is -2.15. The summed E-state index contributed by atoms with van der Waals surface area (Å²) in [5.74, 6) is 0.299. The molecule has 0 radical (unpaired) electrons. The van der Waals surface area contributed by atoms with Crippen LogP contribution in [0.2, 0.25) is 0 Å². The summed E-state index contributed by atoms with van der Waals surface area (Å²) in [6, 6.07) is 17.8. The average molecular weight is 278 g/mol. The van der Waals surface area contributed by atoms with E-state index in [1.807, 2.05) is 24.4 Å². The van der Waals surface area contributed by atoms with Gasteiger partial charge in [-0.05, 0) is 36.2 Å². The quantitative estimate of drug-likeness (QED) is 0.763. The second-order valence-corrected chi connectivity index (χ2v) is 5.19. The summed E-state index contributed by atoms with van der Waals surface area (Å²) in [4.78, 5) is 4.47. The van der Waals surface area contributed by atoms with Crippen molar-refractivity contribution in [3.63, 3.8) is 0 Å². The van der Waals surface area contributed by atoms with Gasteiger partial charge in [-0.25, -0.2) is 0 Å². The standard InChI is InChI=1S/C18H18N2O/c1-13(15-6-3-9-17(21)11-15)20-12-16-7-2-5-14-8-4-10-19-18(14)16/h2-11,13,20-21H,12H2,1H3. The smallest absolute Gasteiger partial charge is 0.115 e. The highest BCUT2D eigenvalue weighted by Crippen LogP contribution is 2.20. The molecule has 0 aliphatic heterocycles. The monoisotopic (exact) mass is 278 g/mol. The van der Waals surface area contributed by atoms with Gasteiger partial charge in [0.25, 0.3) is 0 Å². The van der Waals surface area contributed by atoms with E-state index >= 15 is 0 Å². The van der Waals surface area contributed by atoms with Crippen LogP contribution in [0.5, 0.6) is 5.75 Å². The van der Waals surface area contributed by atoms with Gasteiger partial charge in [0, 0.05) is 24.2 Å². The van der Waals surface area contributed by atoms with Crippen LogP contribution in [0.3, 0.4) is 0 Å². The zero-order chi connectivity index (χ0) is 14.7. The number of rotatable bonds is 4. The first-order valence-corrected chi connectivity index (χ1v) is 7.09. The molecule has 1 atom stereocenters. The van der Waals surface area contributed by atoms with Crippen molar-refractivity contribution in [2.24, 2.45) is 0 Å². The maximum Gasteiger partial charge on any atom is 0.115 e. The van der Waals surface area contributed by atoms with Crippen LogP contribution in [0, 0.1) is 0 Å². The molecule has 2 N–H and O–H groups in total. The number of nitrogens with zero attached hydrogens (tertiary/aromatic N) is 1. The van der Waals surface area contributed by atoms with Crippen LogP contribution >= 0.6 is 0 Å². The highest BCUT2D eigenvalue weighted by molar-refractivity contribution is 5.81. The lowest BCUT2D eigenvalue weighted by Crippen LogP contribution is -2.18. The molecule has 2 aromatic carbocycles. The van der Waals surface area contributed by atoms with Crippen LogP contribution in [0.1, 0.15) is 24.1 Å². The number of aromatic nitrogens is 1. The number of phenolic OH excluding ortho intramolecular Hbond substituents is 1. The molecular formula is C18H18N2O. The highest BCUT2D eigenvalue weighted by atomic mass is 16.3. The van der Waals surface area contributed by atoms with Crippen molar-refractivity contribution in [2.45, 2.75) is 19.5 Å². The minimum absolute atomic E-state index is 0.163. The molecule has 3 heteroatoms. The van der Waals surface area contributed by atoms with Gasteiger partial charge >= 0.3 is 0 Å². The van der Waals surface area contributed by atoms with E-state index in [2.05, 4.69) is 41.5 Å². The fourth-order valence-electron chi connectivity index (χ4n) is 2.49. The minimum Gasteiger partial charge on any atom is -0.508 e. The SMILES string of the molecule is CC(NCc1cccc2cccnc12)c1cccc(O)c1. The summed E-state index contributed by atoms with van der Waals surface area (Å²) in [7, 11) is 0. The van der Waals surface area contributed by atoms with Crippen LogP contribution < -0.4 is 5.32 Å². The molecule has 106 valence electrons. The molecular weight excluding hydrogens is 260 g/mol. The van der Waals surface area contributed by atoms with Crippen molar-refractivity contribution in [1.82, 2.24) is 10.3 Å². The molecule has 0 spiro atoms. The Morgan fingerprint density at radius 3 is 2.76 bits per heavy atom. The second kappa shape index (κ2) is 5.94. The molecule has 0 saturated heterocycles. The Labute approximate surface area is 124 Å². The summed E-state index contributed by atoms with van der Waals surface area (Å²) in [5, 5.41) is 14.2. The van der Waals surface area contributed by atoms with Crippen LogP contribution in [-0.2, 0) is 6.54 Å². The van der Waals surface area contributed by atoms with Crippen LogP contribution in [-0.4, -0.2) is 10.1 Å². The topological polar surface area (TPSA) is 45.2 Å². The van der Waals surface area contributed by atoms with E-state index in [1.165, 1.54) is 5.56 Å². The summed E-state index contributed by atoms with van der Waals surface area (Å²) >= 11 is 0. The third-order valence-corrected chi connectivity index (χ3v) is 3.69. The Balaban J connectivity index is 1.77. The summed E-state index contributed by atoms with van der Waals surface area (Å²) in [5.41, 5.74) is 3.29. The third kappa shape index (κ3) is 3.03. The summed E-state index contributed by atoms with van der Waals surface area (Å²) in [6.07, 6.45) is 1.82. The second-order valence-electron chi connectivity index (χ2n) is 5.19. The zero-order valence-electron chi connectivity index (χ0n) is 12.0. The van der Waals surface area contributed by atoms with Gasteiger partial charge in [-0.2, -0.15) is 0 Å². The summed E-state index contributed by atoms with van der Waals surface area (Å²) in [6.45, 7) is 2.83. The number of nitrogens with one attached hydrogen (secondary N) is 1. The van der Waals surface area contributed by atoms with Crippen molar-refractivity contribution in [2.75, 3.05) is 0 Å². The third-order valence-electron chi connectivity index (χ3n) is 3.69. The number of para-hydroxylation sites is 1. The molecule has 21 heavy (non-hydrogen) atoms. The van der Waals surface area contributed by atoms with Crippen molar-refractivity contribution in [3.05, 3.63) is 71.9 Å². The molecule has 0 fully saturated rings. The molecule has 0 bridgehead atoms. The Kier molecular flexibility index (Phi) is 3.84. The number of fused-ring (bicyclic) bond motifs is 1. The first kappa shape index (κ1) is 13.6. The lowest BCUT2D eigenvalue weighted by atomic mass is 10.1. The molecule has 0 amide bonds. The number of benzene rings is 2. The van der Waals surface area contributed by atoms with E-state index in [0.29, 0.717) is 5.75 Å². The molecule has 1 aromatic heterocycles. The molecule has 3 nitrogen and oxygen atoms in total. The average Bonchev–Trinajstić information content (AvgIpc) is 2.52. The van der Waals surface area contributed by atoms with Crippen LogP contribution in [0.4, 0.5) is 0 Å². The molecule has 0 saturated carbocycles. The van der Waals surface area contributed by atoms with E-state index in [0.717, 1.165) is 23.0 Å². The fraction of sp³-hybridized carbons (Fsp3) is 0.167. The van der Waals surface area contributed by atoms with Gasteiger partial charge in [0.1, 0.15) is 5.75 Å². The van der Waals surface area contributed by atoms with Crippen molar-refractivity contribution < 1.29 is 5.11 Å². The minimum atomic E-state index is 0.163. The molecule has 1 heterocycles. The zero-order valence-corrected chi connectivity index (χ0v) is 12.0. The van der Waals surface area contributed by atoms with E-state index in [-0.39, 0.29) is 6.04 Å². The molecule has 1 unspecified atom stereocenters. The van der Waals surface area contributed by atoms with E-state index < -0.39 is 0 Å². The molecule has 0 aliphatic rings. The maximum atomic E-state index is 9.55. The lowest BCUT2D eigenvalue weighted by molar-refractivity contribution is 0.472. The summed E-state index contributed by atoms with van der Waals surface area (Å²) < 4.78 is 0. The van der Waals surface area contributed by atoms with E-state index in [1.54, 1.807) is 12.1 Å². The van der Waals surface area contributed by atoms with Gasteiger partial charge in [0.15, 0.2) is 0 Å². The van der Waals surface area contributed by atoms with Crippen LogP contribution in [0.25, 0.3) is 10.9 Å². The molecule has 3 aromatic rings. The van der Waals surface area contributed by atoms with Crippen molar-refractivity contribution in [3.8, 4) is 5.75 Å². The molecule has 0 aliphatic carbocycles. The number of hydrogen-bond donors (Lipinski definition) is 2. The highest BCUT2D eigenvalue weighted by Gasteiger charge is 2.07.